The normalized spacial score (nSPS) is 10.9. The van der Waals surface area contributed by atoms with Crippen LogP contribution in [-0.4, -0.2) is 37.7 Å². The molecule has 8 nitrogen and oxygen atoms in total. The second kappa shape index (κ2) is 6.52. The number of carbonyl (C=O) groups excluding carboxylic acids is 1. The van der Waals surface area contributed by atoms with Gasteiger partial charge < -0.3 is 10.1 Å². The number of carbonyl (C=O) groups is 1. The van der Waals surface area contributed by atoms with Crippen molar-refractivity contribution in [2.45, 2.75) is 6.92 Å². The third-order valence-electron chi connectivity index (χ3n) is 3.95. The zero-order chi connectivity index (χ0) is 19.0. The topological polar surface area (TPSA) is 97.2 Å². The smallest absolute Gasteiger partial charge is 0.235 e. The maximum Gasteiger partial charge on any atom is 0.235 e. The van der Waals surface area contributed by atoms with Gasteiger partial charge in [0.05, 0.1) is 12.7 Å². The van der Waals surface area contributed by atoms with Crippen molar-refractivity contribution >= 4 is 22.9 Å². The van der Waals surface area contributed by atoms with Gasteiger partial charge in [-0.25, -0.2) is 13.9 Å². The van der Waals surface area contributed by atoms with Crippen LogP contribution in [0.1, 0.15) is 21.9 Å². The standard InChI is InChI=1S/C18H15FN6O2/c1-10-8-15(23-22-10)20-17-13-4-3-7-25(13)24-18(21-17)16(26)12-9-11(19)5-6-14(12)27-2/h3-9H,1-2H3,(H2,20,21,22,23,24). The number of fused-ring (bicyclic) bond motifs is 1. The van der Waals surface area contributed by atoms with Crippen molar-refractivity contribution in [3.05, 3.63) is 65.5 Å². The molecule has 27 heavy (non-hydrogen) atoms. The molecule has 0 saturated carbocycles. The molecule has 0 radical (unpaired) electrons. The molecule has 0 aliphatic rings. The number of aromatic nitrogens is 5. The van der Waals surface area contributed by atoms with Crippen molar-refractivity contribution in [2.24, 2.45) is 0 Å². The third-order valence-corrected chi connectivity index (χ3v) is 3.95. The van der Waals surface area contributed by atoms with Crippen molar-refractivity contribution in [3.8, 4) is 5.75 Å². The number of nitrogens with zero attached hydrogens (tertiary/aromatic N) is 4. The van der Waals surface area contributed by atoms with Crippen LogP contribution in [0.2, 0.25) is 0 Å². The van der Waals surface area contributed by atoms with E-state index >= 15 is 0 Å². The highest BCUT2D eigenvalue weighted by atomic mass is 19.1. The van der Waals surface area contributed by atoms with Crippen LogP contribution in [0.25, 0.3) is 5.52 Å². The fourth-order valence-corrected chi connectivity index (χ4v) is 2.70. The molecule has 9 heteroatoms. The molecule has 0 aliphatic carbocycles. The number of H-pyrrole nitrogens is 1. The van der Waals surface area contributed by atoms with Crippen molar-refractivity contribution < 1.29 is 13.9 Å². The number of ketones is 1. The van der Waals surface area contributed by atoms with Crippen LogP contribution in [0, 0.1) is 12.7 Å². The minimum Gasteiger partial charge on any atom is -0.496 e. The van der Waals surface area contributed by atoms with Gasteiger partial charge in [-0.15, -0.1) is 5.10 Å². The maximum absolute atomic E-state index is 13.7. The van der Waals surface area contributed by atoms with Gasteiger partial charge in [0.2, 0.25) is 11.6 Å². The van der Waals surface area contributed by atoms with Crippen LogP contribution < -0.4 is 10.1 Å². The lowest BCUT2D eigenvalue weighted by molar-refractivity contribution is 0.102. The Balaban J connectivity index is 1.80. The highest BCUT2D eigenvalue weighted by Gasteiger charge is 2.21. The minimum absolute atomic E-state index is 0.0468. The average Bonchev–Trinajstić information content (AvgIpc) is 3.29. The van der Waals surface area contributed by atoms with Gasteiger partial charge in [-0.05, 0) is 37.3 Å². The van der Waals surface area contributed by atoms with Gasteiger partial charge in [0.25, 0.3) is 0 Å². The van der Waals surface area contributed by atoms with Gasteiger partial charge in [0.1, 0.15) is 17.1 Å². The Kier molecular flexibility index (Phi) is 4.03. The minimum atomic E-state index is -0.553. The van der Waals surface area contributed by atoms with E-state index in [0.717, 1.165) is 11.8 Å². The van der Waals surface area contributed by atoms with Gasteiger partial charge in [0, 0.05) is 18.0 Å². The van der Waals surface area contributed by atoms with E-state index in [1.807, 2.05) is 6.92 Å². The van der Waals surface area contributed by atoms with Crippen LogP contribution >= 0.6 is 0 Å². The molecule has 0 fully saturated rings. The summed E-state index contributed by atoms with van der Waals surface area (Å²) in [6.45, 7) is 1.87. The summed E-state index contributed by atoms with van der Waals surface area (Å²) in [5.74, 6) is -0.00148. The molecule has 4 aromatic rings. The molecule has 1 aromatic carbocycles. The van der Waals surface area contributed by atoms with Gasteiger partial charge in [-0.2, -0.15) is 5.10 Å². The third kappa shape index (κ3) is 3.10. The SMILES string of the molecule is COc1ccc(F)cc1C(=O)c1nc(Nc2cc(C)[nH]n2)c2cccn2n1. The molecule has 4 rings (SSSR count). The van der Waals surface area contributed by atoms with E-state index in [0.29, 0.717) is 17.2 Å². The molecular weight excluding hydrogens is 351 g/mol. The summed E-state index contributed by atoms with van der Waals surface area (Å²) in [7, 11) is 1.41. The van der Waals surface area contributed by atoms with E-state index in [4.69, 9.17) is 4.74 Å². The molecule has 3 heterocycles. The second-order valence-electron chi connectivity index (χ2n) is 5.86. The van der Waals surface area contributed by atoms with Crippen molar-refractivity contribution in [1.29, 1.82) is 0 Å². The first kappa shape index (κ1) is 16.7. The van der Waals surface area contributed by atoms with Gasteiger partial charge in [-0.1, -0.05) is 0 Å². The molecule has 0 unspecified atom stereocenters. The number of ether oxygens (including phenoxy) is 1. The number of hydrogen-bond acceptors (Lipinski definition) is 6. The molecule has 136 valence electrons. The number of aromatic amines is 1. The summed E-state index contributed by atoms with van der Waals surface area (Å²) in [5.41, 5.74) is 1.59. The quantitative estimate of drug-likeness (QED) is 0.527. The highest BCUT2D eigenvalue weighted by Crippen LogP contribution is 2.24. The zero-order valence-electron chi connectivity index (χ0n) is 14.5. The van der Waals surface area contributed by atoms with Gasteiger partial charge in [-0.3, -0.25) is 9.89 Å². The molecule has 0 atom stereocenters. The molecule has 0 aliphatic heterocycles. The predicted molar refractivity (Wildman–Crippen MR) is 96.0 cm³/mol. The summed E-state index contributed by atoms with van der Waals surface area (Å²) in [5, 5.41) is 14.2. The van der Waals surface area contributed by atoms with Crippen molar-refractivity contribution in [3.63, 3.8) is 0 Å². The molecule has 0 saturated heterocycles. The number of aryl methyl sites for hydroxylation is 1. The number of hydrogen-bond donors (Lipinski definition) is 2. The van der Waals surface area contributed by atoms with Crippen LogP contribution in [0.4, 0.5) is 16.0 Å². The number of benzene rings is 1. The molecule has 3 aromatic heterocycles. The molecule has 0 amide bonds. The van der Waals surface area contributed by atoms with E-state index in [9.17, 15) is 9.18 Å². The van der Waals surface area contributed by atoms with E-state index in [2.05, 4.69) is 25.6 Å². The number of methoxy groups -OCH3 is 1. The maximum atomic E-state index is 13.7. The number of anilines is 2. The highest BCUT2D eigenvalue weighted by molar-refractivity contribution is 6.08. The first-order valence-electron chi connectivity index (χ1n) is 8.08. The van der Waals surface area contributed by atoms with Crippen molar-refractivity contribution in [2.75, 3.05) is 12.4 Å². The van der Waals surface area contributed by atoms with Crippen LogP contribution in [0.5, 0.6) is 5.75 Å². The van der Waals surface area contributed by atoms with E-state index in [1.54, 1.807) is 24.4 Å². The summed E-state index contributed by atoms with van der Waals surface area (Å²) >= 11 is 0. The summed E-state index contributed by atoms with van der Waals surface area (Å²) in [6.07, 6.45) is 1.69. The zero-order valence-corrected chi connectivity index (χ0v) is 14.5. The first-order valence-corrected chi connectivity index (χ1v) is 8.08. The second-order valence-corrected chi connectivity index (χ2v) is 5.86. The Morgan fingerprint density at radius 3 is 2.89 bits per heavy atom. The Morgan fingerprint density at radius 2 is 2.15 bits per heavy atom. The Labute approximate surface area is 153 Å². The van der Waals surface area contributed by atoms with Crippen LogP contribution in [0.3, 0.4) is 0 Å². The van der Waals surface area contributed by atoms with E-state index < -0.39 is 11.6 Å². The predicted octanol–water partition coefficient (Wildman–Crippen LogP) is 2.88. The molecular formula is C18H15FN6O2. The molecule has 0 bridgehead atoms. The van der Waals surface area contributed by atoms with E-state index in [-0.39, 0.29) is 17.1 Å². The monoisotopic (exact) mass is 366 g/mol. The lowest BCUT2D eigenvalue weighted by Gasteiger charge is -2.09. The van der Waals surface area contributed by atoms with Crippen LogP contribution in [0.15, 0.2) is 42.6 Å². The largest absolute Gasteiger partial charge is 0.496 e. The molecule has 0 spiro atoms. The number of nitrogens with one attached hydrogen (secondary N) is 2. The fraction of sp³-hybridized carbons (Fsp3) is 0.111. The van der Waals surface area contributed by atoms with Gasteiger partial charge in [0.15, 0.2) is 11.6 Å². The lowest BCUT2D eigenvalue weighted by Crippen LogP contribution is -2.13. The van der Waals surface area contributed by atoms with E-state index in [1.165, 1.54) is 23.8 Å². The summed E-state index contributed by atoms with van der Waals surface area (Å²) in [4.78, 5) is 17.3. The lowest BCUT2D eigenvalue weighted by atomic mass is 10.1. The number of halogens is 1. The summed E-state index contributed by atoms with van der Waals surface area (Å²) in [6, 6.07) is 9.11. The fourth-order valence-electron chi connectivity index (χ4n) is 2.70. The van der Waals surface area contributed by atoms with Gasteiger partial charge >= 0.3 is 0 Å². The Morgan fingerprint density at radius 1 is 1.30 bits per heavy atom. The molecule has 2 N–H and O–H groups in total. The number of rotatable bonds is 5. The Bertz CT molecular complexity index is 1150. The average molecular weight is 366 g/mol. The Hall–Kier alpha value is -3.75. The first-order chi connectivity index (χ1) is 13.0. The summed E-state index contributed by atoms with van der Waals surface area (Å²) < 4.78 is 20.3. The van der Waals surface area contributed by atoms with Crippen LogP contribution in [-0.2, 0) is 0 Å². The van der Waals surface area contributed by atoms with Crippen molar-refractivity contribution in [1.82, 2.24) is 24.8 Å².